The average Bonchev–Trinajstić information content (AvgIpc) is 3.06. The lowest BCUT2D eigenvalue weighted by Crippen LogP contribution is -2.43. The molecule has 1 unspecified atom stereocenters. The van der Waals surface area contributed by atoms with E-state index in [1.807, 2.05) is 16.0 Å². The van der Waals surface area contributed by atoms with Gasteiger partial charge in [0.15, 0.2) is 4.96 Å². The third-order valence-corrected chi connectivity index (χ3v) is 4.71. The number of carbonyl (C=O) groups is 1. The van der Waals surface area contributed by atoms with E-state index in [1.165, 1.54) is 18.3 Å². The third-order valence-electron chi connectivity index (χ3n) is 2.93. The van der Waals surface area contributed by atoms with Gasteiger partial charge in [-0.2, -0.15) is 0 Å². The van der Waals surface area contributed by atoms with Crippen molar-refractivity contribution in [3.05, 3.63) is 22.5 Å². The number of hydrogen-bond acceptors (Lipinski definition) is 6. The summed E-state index contributed by atoms with van der Waals surface area (Å²) in [5.74, 6) is -0.272. The van der Waals surface area contributed by atoms with Gasteiger partial charge in [0, 0.05) is 18.1 Å². The zero-order valence-corrected chi connectivity index (χ0v) is 12.3. The topological polar surface area (TPSA) is 86.9 Å². The van der Waals surface area contributed by atoms with E-state index in [4.69, 9.17) is 5.11 Å². The quantitative estimate of drug-likeness (QED) is 0.673. The van der Waals surface area contributed by atoms with Gasteiger partial charge in [-0.05, 0) is 13.0 Å². The van der Waals surface area contributed by atoms with Crippen molar-refractivity contribution in [2.45, 2.75) is 12.5 Å². The van der Waals surface area contributed by atoms with E-state index < -0.39 is 12.2 Å². The molecule has 0 aromatic carbocycles. The van der Waals surface area contributed by atoms with Gasteiger partial charge in [-0.3, -0.25) is 9.20 Å². The Balaban J connectivity index is 1.82. The predicted molar refractivity (Wildman–Crippen MR) is 78.5 cm³/mol. The van der Waals surface area contributed by atoms with Gasteiger partial charge in [0.1, 0.15) is 10.4 Å². The second-order valence-corrected chi connectivity index (χ2v) is 6.71. The highest BCUT2D eigenvalue weighted by Gasteiger charge is 2.21. The number of aliphatic hydroxyl groups is 2. The molecule has 6 nitrogen and oxygen atoms in total. The van der Waals surface area contributed by atoms with Crippen LogP contribution in [0.15, 0.2) is 17.6 Å². The second-order valence-electron chi connectivity index (χ2n) is 4.81. The monoisotopic (exact) mass is 311 g/mol. The minimum absolute atomic E-state index is 0.00110. The maximum atomic E-state index is 12.0. The summed E-state index contributed by atoms with van der Waals surface area (Å²) >= 11 is 2.86. The van der Waals surface area contributed by atoms with Gasteiger partial charge in [0.2, 0.25) is 0 Å². The number of aromatic nitrogens is 2. The molecular weight excluding hydrogens is 298 g/mol. The molecule has 0 saturated heterocycles. The maximum absolute atomic E-state index is 12.0. The van der Waals surface area contributed by atoms with E-state index in [9.17, 15) is 9.90 Å². The van der Waals surface area contributed by atoms with E-state index in [1.54, 1.807) is 17.4 Å². The molecule has 3 heterocycles. The van der Waals surface area contributed by atoms with E-state index in [0.717, 1.165) is 15.3 Å². The number of nitrogens with one attached hydrogen (secondary N) is 1. The summed E-state index contributed by atoms with van der Waals surface area (Å²) in [5, 5.41) is 23.2. The molecule has 1 atom stereocenters. The van der Waals surface area contributed by atoms with Crippen LogP contribution in [-0.4, -0.2) is 44.3 Å². The van der Waals surface area contributed by atoms with Crippen LogP contribution in [-0.2, 0) is 0 Å². The van der Waals surface area contributed by atoms with Crippen LogP contribution in [0.5, 0.6) is 0 Å². The first kappa shape index (κ1) is 13.5. The minimum Gasteiger partial charge on any atom is -0.393 e. The molecule has 0 radical (unpaired) electrons. The Morgan fingerprint density at radius 1 is 1.60 bits per heavy atom. The summed E-state index contributed by atoms with van der Waals surface area (Å²) in [7, 11) is 0. The van der Waals surface area contributed by atoms with Crippen molar-refractivity contribution in [2.24, 2.45) is 0 Å². The van der Waals surface area contributed by atoms with Crippen LogP contribution in [0.1, 0.15) is 16.6 Å². The lowest BCUT2D eigenvalue weighted by molar-refractivity contribution is 0.00323. The molecule has 3 aromatic rings. The summed E-state index contributed by atoms with van der Waals surface area (Å²) in [6.07, 6.45) is 1.92. The van der Waals surface area contributed by atoms with E-state index in [-0.39, 0.29) is 12.5 Å². The van der Waals surface area contributed by atoms with E-state index >= 15 is 0 Å². The molecule has 0 bridgehead atoms. The average molecular weight is 311 g/mol. The highest BCUT2D eigenvalue weighted by atomic mass is 32.1. The van der Waals surface area contributed by atoms with Crippen LogP contribution in [0.2, 0.25) is 0 Å². The molecule has 0 saturated carbocycles. The van der Waals surface area contributed by atoms with E-state index in [0.29, 0.717) is 4.88 Å². The fourth-order valence-corrected chi connectivity index (χ4v) is 3.49. The van der Waals surface area contributed by atoms with Crippen LogP contribution in [0.4, 0.5) is 0 Å². The first-order chi connectivity index (χ1) is 9.50. The van der Waals surface area contributed by atoms with Crippen LogP contribution in [0.3, 0.4) is 0 Å². The van der Waals surface area contributed by atoms with Gasteiger partial charge in [-0.1, -0.05) is 0 Å². The molecule has 0 aliphatic rings. The maximum Gasteiger partial charge on any atom is 0.261 e. The number of fused-ring (bicyclic) bond motifs is 3. The summed E-state index contributed by atoms with van der Waals surface area (Å²) in [6, 6.07) is 1.79. The number of thiazole rings is 1. The van der Waals surface area contributed by atoms with Crippen molar-refractivity contribution < 1.29 is 15.0 Å². The Bertz CT molecular complexity index is 771. The number of hydrogen-bond donors (Lipinski definition) is 3. The summed E-state index contributed by atoms with van der Waals surface area (Å²) in [4.78, 5) is 18.7. The van der Waals surface area contributed by atoms with Gasteiger partial charge in [0.25, 0.3) is 5.91 Å². The highest BCUT2D eigenvalue weighted by molar-refractivity contribution is 7.21. The van der Waals surface area contributed by atoms with Crippen molar-refractivity contribution in [3.8, 4) is 0 Å². The van der Waals surface area contributed by atoms with Crippen molar-refractivity contribution in [2.75, 3.05) is 13.2 Å². The molecule has 0 aliphatic carbocycles. The SMILES string of the molecule is CC(O)(CO)CNC(=O)c1cc2c(nc3sccn32)s1. The Labute approximate surface area is 122 Å². The molecule has 0 aliphatic heterocycles. The number of rotatable bonds is 4. The number of nitrogens with zero attached hydrogens (tertiary/aromatic N) is 2. The van der Waals surface area contributed by atoms with Crippen molar-refractivity contribution >= 4 is 43.9 Å². The molecule has 1 amide bonds. The molecule has 20 heavy (non-hydrogen) atoms. The van der Waals surface area contributed by atoms with Gasteiger partial charge in [-0.25, -0.2) is 4.98 Å². The molecule has 3 N–H and O–H groups in total. The normalized spacial score (nSPS) is 14.8. The van der Waals surface area contributed by atoms with Crippen LogP contribution >= 0.6 is 22.7 Å². The zero-order chi connectivity index (χ0) is 14.3. The second kappa shape index (κ2) is 4.81. The number of amides is 1. The fourth-order valence-electron chi connectivity index (χ4n) is 1.77. The number of aliphatic hydroxyl groups excluding tert-OH is 1. The van der Waals surface area contributed by atoms with Gasteiger partial charge in [-0.15, -0.1) is 22.7 Å². The van der Waals surface area contributed by atoms with Crippen LogP contribution in [0.25, 0.3) is 15.3 Å². The standard InChI is InChI=1S/C12H13N3O3S2/c1-12(18,6-16)5-13-9(17)8-4-7-10(20-8)14-11-15(7)2-3-19-11/h2-4,16,18H,5-6H2,1H3,(H,13,17). The highest BCUT2D eigenvalue weighted by Crippen LogP contribution is 2.28. The molecule has 0 spiro atoms. The molecule has 106 valence electrons. The Hall–Kier alpha value is -1.48. The first-order valence-electron chi connectivity index (χ1n) is 5.97. The van der Waals surface area contributed by atoms with Crippen molar-refractivity contribution in [1.29, 1.82) is 0 Å². The lowest BCUT2D eigenvalue weighted by atomic mass is 10.1. The molecular formula is C12H13N3O3S2. The Kier molecular flexibility index (Phi) is 3.25. The summed E-state index contributed by atoms with van der Waals surface area (Å²) in [5.41, 5.74) is -0.403. The number of carbonyl (C=O) groups excluding carboxylic acids is 1. The molecule has 3 aromatic heterocycles. The smallest absolute Gasteiger partial charge is 0.261 e. The van der Waals surface area contributed by atoms with E-state index in [2.05, 4.69) is 10.3 Å². The molecule has 3 rings (SSSR count). The zero-order valence-electron chi connectivity index (χ0n) is 10.7. The van der Waals surface area contributed by atoms with Crippen LogP contribution < -0.4 is 5.32 Å². The summed E-state index contributed by atoms with van der Waals surface area (Å²) in [6.45, 7) is 1.06. The number of thiophene rings is 1. The first-order valence-corrected chi connectivity index (χ1v) is 7.66. The minimum atomic E-state index is -1.31. The van der Waals surface area contributed by atoms with Crippen LogP contribution in [0, 0.1) is 0 Å². The largest absolute Gasteiger partial charge is 0.393 e. The number of imidazole rings is 1. The van der Waals surface area contributed by atoms with Crippen molar-refractivity contribution in [1.82, 2.24) is 14.7 Å². The van der Waals surface area contributed by atoms with Gasteiger partial charge in [0.05, 0.1) is 17.0 Å². The van der Waals surface area contributed by atoms with Gasteiger partial charge < -0.3 is 15.5 Å². The predicted octanol–water partition coefficient (Wildman–Crippen LogP) is 1.08. The fraction of sp³-hybridized carbons (Fsp3) is 0.333. The Morgan fingerprint density at radius 2 is 2.40 bits per heavy atom. The van der Waals surface area contributed by atoms with Crippen molar-refractivity contribution in [3.63, 3.8) is 0 Å². The summed E-state index contributed by atoms with van der Waals surface area (Å²) < 4.78 is 1.94. The third kappa shape index (κ3) is 2.31. The molecule has 0 fully saturated rings. The molecule has 8 heteroatoms. The Morgan fingerprint density at radius 3 is 3.15 bits per heavy atom. The lowest BCUT2D eigenvalue weighted by Gasteiger charge is -2.20. The van der Waals surface area contributed by atoms with Gasteiger partial charge >= 0.3 is 0 Å².